The highest BCUT2D eigenvalue weighted by atomic mass is 16.2. The lowest BCUT2D eigenvalue weighted by Gasteiger charge is -2.28. The fourth-order valence-electron chi connectivity index (χ4n) is 3.87. The monoisotopic (exact) mass is 378 g/mol. The first-order chi connectivity index (χ1) is 13.7. The quantitative estimate of drug-likeness (QED) is 0.883. The minimum atomic E-state index is -0.304. The Morgan fingerprint density at radius 3 is 2.14 bits per heavy atom. The van der Waals surface area contributed by atoms with Crippen molar-refractivity contribution in [1.29, 1.82) is 0 Å². The number of nitrogens with one attached hydrogen (secondary N) is 1. The predicted octanol–water partition coefficient (Wildman–Crippen LogP) is 3.56. The van der Waals surface area contributed by atoms with Gasteiger partial charge >= 0.3 is 0 Å². The number of likely N-dealkylation sites (tertiary alicyclic amines) is 1. The number of rotatable bonds is 4. The van der Waals surface area contributed by atoms with Crippen molar-refractivity contribution in [2.75, 3.05) is 36.4 Å². The predicted molar refractivity (Wildman–Crippen MR) is 110 cm³/mol. The summed E-state index contributed by atoms with van der Waals surface area (Å²) in [6.45, 7) is 3.71. The fourth-order valence-corrected chi connectivity index (χ4v) is 3.87. The van der Waals surface area contributed by atoms with E-state index in [0.29, 0.717) is 5.69 Å². The van der Waals surface area contributed by atoms with E-state index in [1.807, 2.05) is 24.3 Å². The summed E-state index contributed by atoms with van der Waals surface area (Å²) in [6.07, 6.45) is 5.82. The van der Waals surface area contributed by atoms with E-state index in [-0.39, 0.29) is 17.5 Å². The second-order valence-electron chi connectivity index (χ2n) is 7.46. The van der Waals surface area contributed by atoms with Crippen LogP contribution in [0, 0.1) is 0 Å². The molecule has 28 heavy (non-hydrogen) atoms. The van der Waals surface area contributed by atoms with E-state index in [1.165, 1.54) is 24.9 Å². The summed E-state index contributed by atoms with van der Waals surface area (Å²) in [5, 5.41) is 2.88. The molecule has 2 aliphatic heterocycles. The molecule has 1 aromatic carbocycles. The van der Waals surface area contributed by atoms with Crippen molar-refractivity contribution in [1.82, 2.24) is 9.88 Å². The van der Waals surface area contributed by atoms with E-state index < -0.39 is 0 Å². The van der Waals surface area contributed by atoms with E-state index >= 15 is 0 Å². The highest BCUT2D eigenvalue weighted by Gasteiger charge is 2.21. The van der Waals surface area contributed by atoms with E-state index in [9.17, 15) is 9.59 Å². The lowest BCUT2D eigenvalue weighted by molar-refractivity contribution is 0.0787. The Bertz CT molecular complexity index is 838. The van der Waals surface area contributed by atoms with Crippen LogP contribution in [0.3, 0.4) is 0 Å². The van der Waals surface area contributed by atoms with E-state index in [4.69, 9.17) is 0 Å². The molecule has 0 bridgehead atoms. The van der Waals surface area contributed by atoms with Gasteiger partial charge in [-0.15, -0.1) is 0 Å². The molecule has 0 unspecified atom stereocenters. The van der Waals surface area contributed by atoms with Gasteiger partial charge in [0.15, 0.2) is 0 Å². The molecule has 0 spiro atoms. The number of piperidine rings is 1. The van der Waals surface area contributed by atoms with E-state index in [1.54, 1.807) is 23.1 Å². The molecular weight excluding hydrogens is 352 g/mol. The maximum atomic E-state index is 12.6. The Morgan fingerprint density at radius 2 is 1.43 bits per heavy atom. The highest BCUT2D eigenvalue weighted by Crippen LogP contribution is 2.22. The molecule has 2 aliphatic rings. The highest BCUT2D eigenvalue weighted by molar-refractivity contribution is 6.04. The van der Waals surface area contributed by atoms with Gasteiger partial charge in [-0.2, -0.15) is 0 Å². The summed E-state index contributed by atoms with van der Waals surface area (Å²) in [6, 6.07) is 12.9. The molecule has 4 rings (SSSR count). The third kappa shape index (κ3) is 4.16. The topological polar surface area (TPSA) is 65.5 Å². The Hall–Kier alpha value is -2.89. The summed E-state index contributed by atoms with van der Waals surface area (Å²) in [7, 11) is 0. The van der Waals surface area contributed by atoms with Crippen LogP contribution in [-0.4, -0.2) is 47.9 Å². The van der Waals surface area contributed by atoms with Crippen molar-refractivity contribution in [2.24, 2.45) is 0 Å². The van der Waals surface area contributed by atoms with Crippen LogP contribution in [0.1, 0.15) is 53.1 Å². The molecule has 2 saturated heterocycles. The zero-order valence-electron chi connectivity index (χ0n) is 16.1. The Balaban J connectivity index is 1.42. The Labute approximate surface area is 165 Å². The van der Waals surface area contributed by atoms with E-state index in [2.05, 4.69) is 15.2 Å². The molecule has 0 aliphatic carbocycles. The SMILES string of the molecule is O=C(Nc1ccc(N2CCCCC2)cc1)c1cccc(C(=O)N2CCCC2)n1. The minimum Gasteiger partial charge on any atom is -0.372 e. The molecule has 146 valence electrons. The average molecular weight is 378 g/mol. The number of aromatic nitrogens is 1. The molecule has 0 atom stereocenters. The number of carbonyl (C=O) groups is 2. The van der Waals surface area contributed by atoms with Crippen LogP contribution in [0.15, 0.2) is 42.5 Å². The van der Waals surface area contributed by atoms with Crippen LogP contribution in [0.2, 0.25) is 0 Å². The molecule has 6 heteroatoms. The molecule has 2 aromatic rings. The van der Waals surface area contributed by atoms with Crippen molar-refractivity contribution < 1.29 is 9.59 Å². The summed E-state index contributed by atoms with van der Waals surface area (Å²) in [5.41, 5.74) is 2.50. The van der Waals surface area contributed by atoms with Gasteiger partial charge in [-0.3, -0.25) is 9.59 Å². The first-order valence-corrected chi connectivity index (χ1v) is 10.1. The molecule has 1 N–H and O–H groups in total. The number of hydrogen-bond acceptors (Lipinski definition) is 4. The van der Waals surface area contributed by atoms with Gasteiger partial charge in [0.05, 0.1) is 0 Å². The minimum absolute atomic E-state index is 0.0990. The molecule has 2 amide bonds. The largest absolute Gasteiger partial charge is 0.372 e. The number of hydrogen-bond donors (Lipinski definition) is 1. The third-order valence-corrected chi connectivity index (χ3v) is 5.44. The van der Waals surface area contributed by atoms with Crippen LogP contribution in [0.5, 0.6) is 0 Å². The molecule has 3 heterocycles. The van der Waals surface area contributed by atoms with Crippen molar-refractivity contribution >= 4 is 23.2 Å². The second-order valence-corrected chi connectivity index (χ2v) is 7.46. The molecular formula is C22H26N4O2. The number of benzene rings is 1. The first-order valence-electron chi connectivity index (χ1n) is 10.1. The first kappa shape index (κ1) is 18.5. The van der Waals surface area contributed by atoms with Crippen molar-refractivity contribution in [3.8, 4) is 0 Å². The molecule has 0 saturated carbocycles. The maximum absolute atomic E-state index is 12.6. The van der Waals surface area contributed by atoms with Crippen LogP contribution in [-0.2, 0) is 0 Å². The van der Waals surface area contributed by atoms with Gasteiger partial charge in [0, 0.05) is 37.6 Å². The molecule has 1 aromatic heterocycles. The standard InChI is InChI=1S/C22H26N4O2/c27-21(19-7-6-8-20(24-19)22(28)26-15-4-5-16-26)23-17-9-11-18(12-10-17)25-13-2-1-3-14-25/h6-12H,1-5,13-16H2,(H,23,27). The summed E-state index contributed by atoms with van der Waals surface area (Å²) in [5.74, 6) is -0.403. The van der Waals surface area contributed by atoms with Gasteiger partial charge in [-0.1, -0.05) is 6.07 Å². The number of carbonyl (C=O) groups excluding carboxylic acids is 2. The lowest BCUT2D eigenvalue weighted by atomic mass is 10.1. The van der Waals surface area contributed by atoms with E-state index in [0.717, 1.165) is 44.7 Å². The van der Waals surface area contributed by atoms with Gasteiger partial charge in [-0.25, -0.2) is 4.98 Å². The van der Waals surface area contributed by atoms with Crippen molar-refractivity contribution in [3.05, 3.63) is 53.9 Å². The Kier molecular flexibility index (Phi) is 5.55. The van der Waals surface area contributed by atoms with Gasteiger partial charge in [0.2, 0.25) is 0 Å². The average Bonchev–Trinajstić information content (AvgIpc) is 3.29. The summed E-state index contributed by atoms with van der Waals surface area (Å²) >= 11 is 0. The van der Waals surface area contributed by atoms with Gasteiger partial charge in [0.1, 0.15) is 11.4 Å². The number of amides is 2. The smallest absolute Gasteiger partial charge is 0.274 e. The van der Waals surface area contributed by atoms with Crippen LogP contribution in [0.25, 0.3) is 0 Å². The van der Waals surface area contributed by atoms with Gasteiger partial charge in [0.25, 0.3) is 11.8 Å². The van der Waals surface area contributed by atoms with Crippen molar-refractivity contribution in [2.45, 2.75) is 32.1 Å². The molecule has 2 fully saturated rings. The van der Waals surface area contributed by atoms with Crippen LogP contribution >= 0.6 is 0 Å². The van der Waals surface area contributed by atoms with Gasteiger partial charge in [-0.05, 0) is 68.5 Å². The Morgan fingerprint density at radius 1 is 0.786 bits per heavy atom. The van der Waals surface area contributed by atoms with Gasteiger partial charge < -0.3 is 15.1 Å². The fraction of sp³-hybridized carbons (Fsp3) is 0.409. The molecule has 6 nitrogen and oxygen atoms in total. The summed E-state index contributed by atoms with van der Waals surface area (Å²) < 4.78 is 0. The second kappa shape index (κ2) is 8.42. The molecule has 0 radical (unpaired) electrons. The van der Waals surface area contributed by atoms with Crippen LogP contribution in [0.4, 0.5) is 11.4 Å². The summed E-state index contributed by atoms with van der Waals surface area (Å²) in [4.78, 5) is 33.5. The zero-order chi connectivity index (χ0) is 19.3. The maximum Gasteiger partial charge on any atom is 0.274 e. The lowest BCUT2D eigenvalue weighted by Crippen LogP contribution is -2.29. The van der Waals surface area contributed by atoms with Crippen molar-refractivity contribution in [3.63, 3.8) is 0 Å². The van der Waals surface area contributed by atoms with Crippen LogP contribution < -0.4 is 10.2 Å². The number of nitrogens with zero attached hydrogens (tertiary/aromatic N) is 3. The normalized spacial score (nSPS) is 16.9. The number of anilines is 2. The number of pyridine rings is 1. The third-order valence-electron chi connectivity index (χ3n) is 5.44. The zero-order valence-corrected chi connectivity index (χ0v) is 16.1.